The number of carbonyl (C=O) groups excluding carboxylic acids is 1. The Labute approximate surface area is 104 Å². The molecule has 0 bridgehead atoms. The molecule has 1 fully saturated rings. The number of halogens is 1. The number of nitrogens with zero attached hydrogens (tertiary/aromatic N) is 1. The minimum absolute atomic E-state index is 0.0176. The number of ether oxygens (including phenoxy) is 1. The molecule has 0 radical (unpaired) electrons. The largest absolute Gasteiger partial charge is 0.379 e. The highest BCUT2D eigenvalue weighted by atomic mass is 19.1. The standard InChI is InChI=1S/C12H12FN3O2/c13-9-1-2-11(8(5-9)6-14)16-12(17)15-10-3-4-18-7-10/h1-2,5,10H,3-4,7H2,(H2,15,16,17). The first-order valence-electron chi connectivity index (χ1n) is 5.54. The van der Waals surface area contributed by atoms with E-state index in [1.807, 2.05) is 6.07 Å². The third-order valence-corrected chi connectivity index (χ3v) is 2.62. The lowest BCUT2D eigenvalue weighted by Crippen LogP contribution is -2.38. The van der Waals surface area contributed by atoms with Gasteiger partial charge in [-0.15, -0.1) is 0 Å². The summed E-state index contributed by atoms with van der Waals surface area (Å²) in [6, 6.07) is 5.02. The highest BCUT2D eigenvalue weighted by Crippen LogP contribution is 2.16. The summed E-state index contributed by atoms with van der Waals surface area (Å²) in [7, 11) is 0. The highest BCUT2D eigenvalue weighted by Gasteiger charge is 2.18. The van der Waals surface area contributed by atoms with Gasteiger partial charge in [0.05, 0.1) is 23.9 Å². The predicted octanol–water partition coefficient (Wildman–Crippen LogP) is 1.61. The van der Waals surface area contributed by atoms with E-state index in [0.29, 0.717) is 13.2 Å². The minimum atomic E-state index is -0.512. The second-order valence-corrected chi connectivity index (χ2v) is 3.96. The maximum absolute atomic E-state index is 12.9. The molecule has 2 N–H and O–H groups in total. The van der Waals surface area contributed by atoms with Crippen LogP contribution in [0.2, 0.25) is 0 Å². The first kappa shape index (κ1) is 12.3. The van der Waals surface area contributed by atoms with Gasteiger partial charge in [-0.2, -0.15) is 5.26 Å². The van der Waals surface area contributed by atoms with Crippen molar-refractivity contribution in [1.82, 2.24) is 5.32 Å². The highest BCUT2D eigenvalue weighted by molar-refractivity contribution is 5.90. The van der Waals surface area contributed by atoms with Crippen LogP contribution in [0, 0.1) is 17.1 Å². The summed E-state index contributed by atoms with van der Waals surface area (Å²) in [5.74, 6) is -0.512. The quantitative estimate of drug-likeness (QED) is 0.836. The number of amides is 2. The third kappa shape index (κ3) is 2.96. The molecule has 0 saturated carbocycles. The molecule has 0 spiro atoms. The maximum atomic E-state index is 12.9. The lowest BCUT2D eigenvalue weighted by Gasteiger charge is -2.12. The van der Waals surface area contributed by atoms with Gasteiger partial charge in [0, 0.05) is 6.61 Å². The number of hydrogen-bond acceptors (Lipinski definition) is 3. The summed E-state index contributed by atoms with van der Waals surface area (Å²) in [4.78, 5) is 11.6. The second-order valence-electron chi connectivity index (χ2n) is 3.96. The molecule has 1 aliphatic heterocycles. The zero-order valence-corrected chi connectivity index (χ0v) is 9.57. The van der Waals surface area contributed by atoms with Crippen LogP contribution in [0.4, 0.5) is 14.9 Å². The molecule has 1 unspecified atom stereocenters. The van der Waals surface area contributed by atoms with Crippen molar-refractivity contribution in [1.29, 1.82) is 5.26 Å². The molecule has 1 aromatic rings. The minimum Gasteiger partial charge on any atom is -0.379 e. The summed E-state index contributed by atoms with van der Waals surface area (Å²) in [5.41, 5.74) is 0.378. The normalized spacial score (nSPS) is 18.1. The lowest BCUT2D eigenvalue weighted by atomic mass is 10.2. The SMILES string of the molecule is N#Cc1cc(F)ccc1NC(=O)NC1CCOC1. The smallest absolute Gasteiger partial charge is 0.319 e. The van der Waals surface area contributed by atoms with Crippen molar-refractivity contribution in [3.05, 3.63) is 29.6 Å². The van der Waals surface area contributed by atoms with E-state index in [1.54, 1.807) is 0 Å². The molecule has 1 aromatic carbocycles. The van der Waals surface area contributed by atoms with E-state index in [0.717, 1.165) is 12.5 Å². The van der Waals surface area contributed by atoms with Crippen molar-refractivity contribution in [2.75, 3.05) is 18.5 Å². The summed E-state index contributed by atoms with van der Waals surface area (Å²) in [6.45, 7) is 1.12. The molecule has 0 aromatic heterocycles. The molecule has 1 atom stereocenters. The van der Waals surface area contributed by atoms with Crippen molar-refractivity contribution in [3.8, 4) is 6.07 Å². The Morgan fingerprint density at radius 2 is 2.39 bits per heavy atom. The zero-order chi connectivity index (χ0) is 13.0. The lowest BCUT2D eigenvalue weighted by molar-refractivity contribution is 0.189. The molecule has 1 saturated heterocycles. The zero-order valence-electron chi connectivity index (χ0n) is 9.57. The molecule has 5 nitrogen and oxygen atoms in total. The third-order valence-electron chi connectivity index (χ3n) is 2.62. The van der Waals surface area contributed by atoms with E-state index in [-0.39, 0.29) is 17.3 Å². The monoisotopic (exact) mass is 249 g/mol. The number of urea groups is 1. The van der Waals surface area contributed by atoms with Crippen molar-refractivity contribution >= 4 is 11.7 Å². The van der Waals surface area contributed by atoms with Gasteiger partial charge in [-0.05, 0) is 24.6 Å². The van der Waals surface area contributed by atoms with Gasteiger partial charge < -0.3 is 15.4 Å². The molecular formula is C12H12FN3O2. The number of nitrogens with one attached hydrogen (secondary N) is 2. The van der Waals surface area contributed by atoms with Crippen molar-refractivity contribution in [3.63, 3.8) is 0 Å². The van der Waals surface area contributed by atoms with Gasteiger partial charge in [0.2, 0.25) is 0 Å². The molecule has 2 rings (SSSR count). The van der Waals surface area contributed by atoms with Gasteiger partial charge in [0.25, 0.3) is 0 Å². The first-order valence-corrected chi connectivity index (χ1v) is 5.54. The topological polar surface area (TPSA) is 74.2 Å². The maximum Gasteiger partial charge on any atom is 0.319 e. The van der Waals surface area contributed by atoms with Crippen LogP contribution in [0.5, 0.6) is 0 Å². The Hall–Kier alpha value is -2.13. The second kappa shape index (κ2) is 5.47. The van der Waals surface area contributed by atoms with E-state index in [4.69, 9.17) is 10.00 Å². The number of rotatable bonds is 2. The number of hydrogen-bond donors (Lipinski definition) is 2. The molecular weight excluding hydrogens is 237 g/mol. The number of carbonyl (C=O) groups is 1. The van der Waals surface area contributed by atoms with Crippen LogP contribution in [0.1, 0.15) is 12.0 Å². The van der Waals surface area contributed by atoms with Crippen LogP contribution in [-0.4, -0.2) is 25.3 Å². The summed E-state index contributed by atoms with van der Waals surface area (Å²) in [6.07, 6.45) is 0.766. The van der Waals surface area contributed by atoms with Gasteiger partial charge in [-0.3, -0.25) is 0 Å². The summed E-state index contributed by atoms with van der Waals surface area (Å²) >= 11 is 0. The number of nitriles is 1. The van der Waals surface area contributed by atoms with Gasteiger partial charge in [0.1, 0.15) is 11.9 Å². The Morgan fingerprint density at radius 1 is 1.56 bits per heavy atom. The predicted molar refractivity (Wildman–Crippen MR) is 62.5 cm³/mol. The molecule has 6 heteroatoms. The van der Waals surface area contributed by atoms with Crippen LogP contribution in [0.15, 0.2) is 18.2 Å². The van der Waals surface area contributed by atoms with E-state index in [9.17, 15) is 9.18 Å². The average molecular weight is 249 g/mol. The van der Waals surface area contributed by atoms with Gasteiger partial charge in [0.15, 0.2) is 0 Å². The summed E-state index contributed by atoms with van der Waals surface area (Å²) < 4.78 is 18.0. The molecule has 1 heterocycles. The Morgan fingerprint density at radius 3 is 3.06 bits per heavy atom. The Balaban J connectivity index is 2.00. The average Bonchev–Trinajstić information content (AvgIpc) is 2.84. The molecule has 1 aliphatic rings. The van der Waals surface area contributed by atoms with Crippen molar-refractivity contribution in [2.24, 2.45) is 0 Å². The van der Waals surface area contributed by atoms with Gasteiger partial charge in [-0.25, -0.2) is 9.18 Å². The number of benzene rings is 1. The van der Waals surface area contributed by atoms with Crippen LogP contribution in [0.3, 0.4) is 0 Å². The Kier molecular flexibility index (Phi) is 3.75. The van der Waals surface area contributed by atoms with E-state index in [2.05, 4.69) is 10.6 Å². The van der Waals surface area contributed by atoms with E-state index in [1.165, 1.54) is 12.1 Å². The fourth-order valence-electron chi connectivity index (χ4n) is 1.71. The van der Waals surface area contributed by atoms with Gasteiger partial charge in [-0.1, -0.05) is 0 Å². The van der Waals surface area contributed by atoms with E-state index < -0.39 is 11.8 Å². The number of anilines is 1. The molecule has 94 valence electrons. The van der Waals surface area contributed by atoms with Crippen molar-refractivity contribution < 1.29 is 13.9 Å². The fourth-order valence-corrected chi connectivity index (χ4v) is 1.71. The molecule has 0 aliphatic carbocycles. The Bertz CT molecular complexity index is 493. The molecule has 2 amide bonds. The van der Waals surface area contributed by atoms with Gasteiger partial charge >= 0.3 is 6.03 Å². The van der Waals surface area contributed by atoms with Crippen LogP contribution in [0.25, 0.3) is 0 Å². The first-order chi connectivity index (χ1) is 8.69. The van der Waals surface area contributed by atoms with Crippen LogP contribution < -0.4 is 10.6 Å². The van der Waals surface area contributed by atoms with Crippen molar-refractivity contribution in [2.45, 2.75) is 12.5 Å². The van der Waals surface area contributed by atoms with Crippen LogP contribution >= 0.6 is 0 Å². The van der Waals surface area contributed by atoms with E-state index >= 15 is 0 Å². The fraction of sp³-hybridized carbons (Fsp3) is 0.333. The van der Waals surface area contributed by atoms with Crippen LogP contribution in [-0.2, 0) is 4.74 Å². The summed E-state index contributed by atoms with van der Waals surface area (Å²) in [5, 5.41) is 14.1. The molecule has 18 heavy (non-hydrogen) atoms.